The largest absolute Gasteiger partial charge is 0.489 e. The van der Waals surface area contributed by atoms with Crippen LogP contribution in [0, 0.1) is 20.8 Å². The maximum absolute atomic E-state index is 5.87. The summed E-state index contributed by atoms with van der Waals surface area (Å²) in [6.45, 7) is 10.1. The van der Waals surface area contributed by atoms with Gasteiger partial charge in [0.05, 0.1) is 11.8 Å². The molecule has 0 bridgehead atoms. The number of rotatable bonds is 6. The molecule has 0 unspecified atom stereocenters. The van der Waals surface area contributed by atoms with Crippen LogP contribution in [-0.4, -0.2) is 16.1 Å². The van der Waals surface area contributed by atoms with E-state index in [1.54, 1.807) is 0 Å². The third kappa shape index (κ3) is 4.97. The second-order valence-electron chi connectivity index (χ2n) is 6.95. The molecule has 5 heteroatoms. The normalized spacial score (nSPS) is 10.7. The second-order valence-corrected chi connectivity index (χ2v) is 6.95. The third-order valence-electron chi connectivity index (χ3n) is 4.01. The van der Waals surface area contributed by atoms with Crippen LogP contribution in [0.15, 0.2) is 48.5 Å². The van der Waals surface area contributed by atoms with Crippen molar-refractivity contribution in [1.29, 1.82) is 0 Å². The van der Waals surface area contributed by atoms with E-state index in [2.05, 4.69) is 52.6 Å². The zero-order chi connectivity index (χ0) is 19.4. The number of aromatic nitrogens is 2. The van der Waals surface area contributed by atoms with Crippen LogP contribution < -0.4 is 15.4 Å². The van der Waals surface area contributed by atoms with Crippen molar-refractivity contribution in [3.8, 4) is 5.75 Å². The molecule has 5 nitrogen and oxygen atoms in total. The van der Waals surface area contributed by atoms with E-state index in [4.69, 9.17) is 4.74 Å². The van der Waals surface area contributed by atoms with Crippen LogP contribution in [-0.2, 0) is 0 Å². The number of nitrogens with one attached hydrogen (secondary N) is 2. The van der Waals surface area contributed by atoms with Crippen molar-refractivity contribution in [2.45, 2.75) is 40.7 Å². The monoisotopic (exact) mass is 362 g/mol. The van der Waals surface area contributed by atoms with Gasteiger partial charge in [0.25, 0.3) is 0 Å². The number of benzene rings is 2. The molecule has 3 rings (SSSR count). The molecule has 0 saturated carbocycles. The molecule has 0 amide bonds. The van der Waals surface area contributed by atoms with Gasteiger partial charge in [-0.25, -0.2) is 4.98 Å². The molecule has 3 aromatic rings. The van der Waals surface area contributed by atoms with Crippen LogP contribution in [0.1, 0.15) is 30.7 Å². The maximum Gasteiger partial charge on any atom is 0.229 e. The topological polar surface area (TPSA) is 59.1 Å². The summed E-state index contributed by atoms with van der Waals surface area (Å²) in [6, 6.07) is 16.1. The third-order valence-corrected chi connectivity index (χ3v) is 4.01. The Morgan fingerprint density at radius 3 is 2.41 bits per heavy atom. The zero-order valence-electron chi connectivity index (χ0n) is 16.5. The summed E-state index contributed by atoms with van der Waals surface area (Å²) in [4.78, 5) is 9.14. The number of hydrogen-bond donors (Lipinski definition) is 2. The van der Waals surface area contributed by atoms with E-state index in [9.17, 15) is 0 Å². The quantitative estimate of drug-likeness (QED) is 0.591. The fraction of sp³-hybridized carbons (Fsp3) is 0.273. The molecule has 0 spiro atoms. The molecular weight excluding hydrogens is 336 g/mol. The molecule has 2 N–H and O–H groups in total. The highest BCUT2D eigenvalue weighted by molar-refractivity contribution is 5.65. The van der Waals surface area contributed by atoms with Crippen molar-refractivity contribution >= 4 is 23.1 Å². The Morgan fingerprint density at radius 2 is 1.63 bits per heavy atom. The predicted molar refractivity (Wildman–Crippen MR) is 111 cm³/mol. The summed E-state index contributed by atoms with van der Waals surface area (Å²) in [7, 11) is 0. The standard InChI is InChI=1S/C22H26N4O/c1-14(2)27-20-9-7-6-8-18(20)25-22-23-17(5)13-21(26-22)24-19-12-15(3)10-11-16(19)4/h6-14H,1-5H3,(H2,23,24,25,26). The minimum absolute atomic E-state index is 0.0906. The molecule has 1 heterocycles. The fourth-order valence-electron chi connectivity index (χ4n) is 2.74. The lowest BCUT2D eigenvalue weighted by atomic mass is 10.1. The number of anilines is 4. The van der Waals surface area contributed by atoms with Gasteiger partial charge in [-0.2, -0.15) is 4.98 Å². The van der Waals surface area contributed by atoms with E-state index in [-0.39, 0.29) is 6.10 Å². The first-order valence-electron chi connectivity index (χ1n) is 9.13. The van der Waals surface area contributed by atoms with Crippen LogP contribution in [0.5, 0.6) is 5.75 Å². The van der Waals surface area contributed by atoms with Crippen LogP contribution in [0.4, 0.5) is 23.1 Å². The van der Waals surface area contributed by atoms with Gasteiger partial charge in [-0.3, -0.25) is 0 Å². The molecule has 0 aliphatic heterocycles. The number of nitrogens with zero attached hydrogens (tertiary/aromatic N) is 2. The fourth-order valence-corrected chi connectivity index (χ4v) is 2.74. The van der Waals surface area contributed by atoms with Gasteiger partial charge in [0.15, 0.2) is 0 Å². The van der Waals surface area contributed by atoms with Crippen LogP contribution in [0.2, 0.25) is 0 Å². The Labute approximate surface area is 160 Å². The summed E-state index contributed by atoms with van der Waals surface area (Å²) in [5.41, 5.74) is 5.13. The van der Waals surface area contributed by atoms with Crippen molar-refractivity contribution in [3.05, 3.63) is 65.4 Å². The van der Waals surface area contributed by atoms with Crippen molar-refractivity contribution in [3.63, 3.8) is 0 Å². The Bertz CT molecular complexity index is 937. The average Bonchev–Trinajstić information content (AvgIpc) is 2.59. The van der Waals surface area contributed by atoms with Crippen LogP contribution in [0.25, 0.3) is 0 Å². The van der Waals surface area contributed by atoms with Crippen molar-refractivity contribution in [2.24, 2.45) is 0 Å². The van der Waals surface area contributed by atoms with Gasteiger partial charge in [-0.15, -0.1) is 0 Å². The van der Waals surface area contributed by atoms with E-state index in [0.717, 1.165) is 28.6 Å². The van der Waals surface area contributed by atoms with E-state index in [1.807, 2.05) is 51.1 Å². The summed E-state index contributed by atoms with van der Waals surface area (Å²) < 4.78 is 5.87. The summed E-state index contributed by atoms with van der Waals surface area (Å²) in [6.07, 6.45) is 0.0906. The summed E-state index contributed by atoms with van der Waals surface area (Å²) >= 11 is 0. The lowest BCUT2D eigenvalue weighted by Gasteiger charge is -2.16. The lowest BCUT2D eigenvalue weighted by molar-refractivity contribution is 0.244. The molecule has 0 aliphatic rings. The molecule has 0 atom stereocenters. The van der Waals surface area contributed by atoms with Gasteiger partial charge in [0, 0.05) is 17.4 Å². The first kappa shape index (κ1) is 18.7. The van der Waals surface area contributed by atoms with Gasteiger partial charge in [0.2, 0.25) is 5.95 Å². The Morgan fingerprint density at radius 1 is 0.852 bits per heavy atom. The minimum atomic E-state index is 0.0906. The van der Waals surface area contributed by atoms with Crippen LogP contribution >= 0.6 is 0 Å². The number of para-hydroxylation sites is 2. The van der Waals surface area contributed by atoms with Gasteiger partial charge in [-0.05, 0) is 63.9 Å². The first-order valence-corrected chi connectivity index (χ1v) is 9.13. The first-order chi connectivity index (χ1) is 12.9. The highest BCUT2D eigenvalue weighted by Crippen LogP contribution is 2.28. The van der Waals surface area contributed by atoms with Crippen molar-refractivity contribution in [1.82, 2.24) is 9.97 Å². The molecule has 0 fully saturated rings. The number of hydrogen-bond acceptors (Lipinski definition) is 5. The minimum Gasteiger partial charge on any atom is -0.489 e. The van der Waals surface area contributed by atoms with Gasteiger partial charge in [-0.1, -0.05) is 24.3 Å². The molecular formula is C22H26N4O. The highest BCUT2D eigenvalue weighted by Gasteiger charge is 2.09. The molecule has 0 radical (unpaired) electrons. The predicted octanol–water partition coefficient (Wildman–Crippen LogP) is 5.68. The van der Waals surface area contributed by atoms with E-state index >= 15 is 0 Å². The Balaban J connectivity index is 1.87. The summed E-state index contributed by atoms with van der Waals surface area (Å²) in [5.74, 6) is 2.06. The molecule has 0 saturated heterocycles. The van der Waals surface area contributed by atoms with Gasteiger partial charge < -0.3 is 15.4 Å². The smallest absolute Gasteiger partial charge is 0.229 e. The number of ether oxygens (including phenoxy) is 1. The number of aryl methyl sites for hydroxylation is 3. The maximum atomic E-state index is 5.87. The average molecular weight is 362 g/mol. The van der Waals surface area contributed by atoms with E-state index < -0.39 is 0 Å². The second kappa shape index (κ2) is 8.08. The van der Waals surface area contributed by atoms with Crippen molar-refractivity contribution in [2.75, 3.05) is 10.6 Å². The lowest BCUT2D eigenvalue weighted by Crippen LogP contribution is -2.08. The van der Waals surface area contributed by atoms with E-state index in [1.165, 1.54) is 11.1 Å². The van der Waals surface area contributed by atoms with Gasteiger partial charge in [0.1, 0.15) is 11.6 Å². The molecule has 1 aromatic heterocycles. The molecule has 2 aromatic carbocycles. The Hall–Kier alpha value is -3.08. The molecule has 27 heavy (non-hydrogen) atoms. The van der Waals surface area contributed by atoms with E-state index in [0.29, 0.717) is 5.95 Å². The van der Waals surface area contributed by atoms with Crippen LogP contribution in [0.3, 0.4) is 0 Å². The SMILES string of the molecule is Cc1ccc(C)c(Nc2cc(C)nc(Nc3ccccc3OC(C)C)n2)c1. The summed E-state index contributed by atoms with van der Waals surface area (Å²) in [5, 5.41) is 6.69. The molecule has 0 aliphatic carbocycles. The molecule has 140 valence electrons. The Kier molecular flexibility index (Phi) is 5.60. The highest BCUT2D eigenvalue weighted by atomic mass is 16.5. The zero-order valence-corrected chi connectivity index (χ0v) is 16.5. The van der Waals surface area contributed by atoms with Crippen molar-refractivity contribution < 1.29 is 4.74 Å². The van der Waals surface area contributed by atoms with Gasteiger partial charge >= 0.3 is 0 Å².